The fraction of sp³-hybridized carbons (Fsp3) is 0.316. The third kappa shape index (κ3) is 5.07. The number of benzene rings is 2. The molecule has 0 amide bonds. The third-order valence-electron chi connectivity index (χ3n) is 3.19. The SMILES string of the molecule is CC(C)(C)CCON=C(c1ccccc1)c1ccccc1. The molecule has 0 spiro atoms. The Morgan fingerprint density at radius 3 is 1.76 bits per heavy atom. The lowest BCUT2D eigenvalue weighted by molar-refractivity contribution is 0.116. The average Bonchev–Trinajstić information content (AvgIpc) is 2.48. The Balaban J connectivity index is 2.17. The van der Waals surface area contributed by atoms with Crippen LogP contribution in [0.15, 0.2) is 65.8 Å². The van der Waals surface area contributed by atoms with Crippen molar-refractivity contribution in [2.45, 2.75) is 27.2 Å². The van der Waals surface area contributed by atoms with Crippen LogP contribution in [0.25, 0.3) is 0 Å². The number of oxime groups is 1. The van der Waals surface area contributed by atoms with Gasteiger partial charge in [-0.1, -0.05) is 86.6 Å². The molecule has 21 heavy (non-hydrogen) atoms. The molecular formula is C19H23NO. The van der Waals surface area contributed by atoms with Crippen LogP contribution in [0.1, 0.15) is 38.3 Å². The highest BCUT2D eigenvalue weighted by atomic mass is 16.6. The monoisotopic (exact) mass is 281 g/mol. The number of nitrogens with zero attached hydrogens (tertiary/aromatic N) is 1. The summed E-state index contributed by atoms with van der Waals surface area (Å²) in [5, 5.41) is 4.38. The topological polar surface area (TPSA) is 21.6 Å². The molecule has 2 heteroatoms. The molecule has 0 bridgehead atoms. The molecule has 0 N–H and O–H groups in total. The summed E-state index contributed by atoms with van der Waals surface area (Å²) in [5.74, 6) is 0. The summed E-state index contributed by atoms with van der Waals surface area (Å²) in [5.41, 5.74) is 3.28. The van der Waals surface area contributed by atoms with Gasteiger partial charge in [0.05, 0.1) is 0 Å². The van der Waals surface area contributed by atoms with Crippen molar-refractivity contribution in [3.05, 3.63) is 71.8 Å². The van der Waals surface area contributed by atoms with Crippen molar-refractivity contribution in [2.75, 3.05) is 6.61 Å². The van der Waals surface area contributed by atoms with Gasteiger partial charge in [0.2, 0.25) is 0 Å². The highest BCUT2D eigenvalue weighted by Gasteiger charge is 2.11. The Morgan fingerprint density at radius 1 is 0.857 bits per heavy atom. The van der Waals surface area contributed by atoms with Gasteiger partial charge in [-0.25, -0.2) is 0 Å². The second-order valence-corrected chi connectivity index (χ2v) is 6.32. The van der Waals surface area contributed by atoms with Crippen LogP contribution in [0.2, 0.25) is 0 Å². The van der Waals surface area contributed by atoms with E-state index in [1.807, 2.05) is 36.4 Å². The smallest absolute Gasteiger partial charge is 0.117 e. The van der Waals surface area contributed by atoms with Gasteiger partial charge in [-0.15, -0.1) is 0 Å². The summed E-state index contributed by atoms with van der Waals surface area (Å²) in [6.07, 6.45) is 0.980. The van der Waals surface area contributed by atoms with Gasteiger partial charge in [0.1, 0.15) is 12.3 Å². The van der Waals surface area contributed by atoms with Crippen molar-refractivity contribution >= 4 is 5.71 Å². The molecule has 0 saturated heterocycles. The van der Waals surface area contributed by atoms with Crippen LogP contribution < -0.4 is 0 Å². The van der Waals surface area contributed by atoms with Crippen LogP contribution in [-0.4, -0.2) is 12.3 Å². The van der Waals surface area contributed by atoms with E-state index >= 15 is 0 Å². The second kappa shape index (κ2) is 7.07. The first-order chi connectivity index (χ1) is 10.1. The van der Waals surface area contributed by atoms with Crippen LogP contribution >= 0.6 is 0 Å². The van der Waals surface area contributed by atoms with Crippen molar-refractivity contribution < 1.29 is 4.84 Å². The minimum absolute atomic E-state index is 0.259. The lowest BCUT2D eigenvalue weighted by Gasteiger charge is -2.16. The molecule has 0 fully saturated rings. The Morgan fingerprint density at radius 2 is 1.33 bits per heavy atom. The Hall–Kier alpha value is -2.09. The van der Waals surface area contributed by atoms with Gasteiger partial charge in [-0.3, -0.25) is 0 Å². The van der Waals surface area contributed by atoms with Crippen molar-refractivity contribution in [2.24, 2.45) is 10.6 Å². The average molecular weight is 281 g/mol. The summed E-state index contributed by atoms with van der Waals surface area (Å²) in [7, 11) is 0. The van der Waals surface area contributed by atoms with E-state index in [0.29, 0.717) is 6.61 Å². The summed E-state index contributed by atoms with van der Waals surface area (Å²) in [6.45, 7) is 7.24. The fourth-order valence-electron chi connectivity index (χ4n) is 1.93. The van der Waals surface area contributed by atoms with Gasteiger partial charge < -0.3 is 4.84 Å². The van der Waals surface area contributed by atoms with Crippen LogP contribution in [0.5, 0.6) is 0 Å². The van der Waals surface area contributed by atoms with E-state index < -0.39 is 0 Å². The Labute approximate surface area is 127 Å². The summed E-state index contributed by atoms with van der Waals surface area (Å²) in [6, 6.07) is 20.3. The lowest BCUT2D eigenvalue weighted by Crippen LogP contribution is -2.09. The Kier molecular flexibility index (Phi) is 5.15. The van der Waals surface area contributed by atoms with E-state index in [0.717, 1.165) is 23.3 Å². The van der Waals surface area contributed by atoms with Crippen LogP contribution in [0.4, 0.5) is 0 Å². The minimum atomic E-state index is 0.259. The zero-order chi connectivity index (χ0) is 15.1. The molecule has 0 unspecified atom stereocenters. The minimum Gasteiger partial charge on any atom is -0.395 e. The van der Waals surface area contributed by atoms with Gasteiger partial charge >= 0.3 is 0 Å². The maximum Gasteiger partial charge on any atom is 0.117 e. The van der Waals surface area contributed by atoms with Crippen molar-refractivity contribution in [1.29, 1.82) is 0 Å². The summed E-state index contributed by atoms with van der Waals surface area (Å²) in [4.78, 5) is 5.57. The molecule has 2 aromatic carbocycles. The molecule has 0 atom stereocenters. The first kappa shape index (κ1) is 15.3. The zero-order valence-corrected chi connectivity index (χ0v) is 13.0. The normalized spacial score (nSPS) is 11.0. The maximum atomic E-state index is 5.57. The first-order valence-corrected chi connectivity index (χ1v) is 7.37. The summed E-state index contributed by atoms with van der Waals surface area (Å²) >= 11 is 0. The van der Waals surface area contributed by atoms with Gasteiger partial charge in [0.15, 0.2) is 0 Å². The van der Waals surface area contributed by atoms with Gasteiger partial charge in [-0.05, 0) is 11.8 Å². The van der Waals surface area contributed by atoms with E-state index in [1.54, 1.807) is 0 Å². The van der Waals surface area contributed by atoms with Crippen LogP contribution in [0.3, 0.4) is 0 Å². The van der Waals surface area contributed by atoms with E-state index in [1.165, 1.54) is 0 Å². The van der Waals surface area contributed by atoms with Crippen LogP contribution in [0, 0.1) is 5.41 Å². The van der Waals surface area contributed by atoms with Crippen molar-refractivity contribution in [3.8, 4) is 0 Å². The van der Waals surface area contributed by atoms with Crippen LogP contribution in [-0.2, 0) is 4.84 Å². The van der Waals surface area contributed by atoms with Crippen molar-refractivity contribution in [1.82, 2.24) is 0 Å². The summed E-state index contributed by atoms with van der Waals surface area (Å²) < 4.78 is 0. The standard InChI is InChI=1S/C19H23NO/c1-19(2,3)14-15-21-20-18(16-10-6-4-7-11-16)17-12-8-5-9-13-17/h4-13H,14-15H2,1-3H3. The highest BCUT2D eigenvalue weighted by molar-refractivity contribution is 6.12. The van der Waals surface area contributed by atoms with Gasteiger partial charge in [0.25, 0.3) is 0 Å². The third-order valence-corrected chi connectivity index (χ3v) is 3.19. The zero-order valence-electron chi connectivity index (χ0n) is 13.0. The molecule has 0 heterocycles. The molecule has 0 aromatic heterocycles. The molecule has 110 valence electrons. The second-order valence-electron chi connectivity index (χ2n) is 6.32. The predicted molar refractivity (Wildman–Crippen MR) is 88.5 cm³/mol. The quantitative estimate of drug-likeness (QED) is 0.434. The lowest BCUT2D eigenvalue weighted by atomic mass is 9.93. The molecule has 0 aliphatic rings. The van der Waals surface area contributed by atoms with E-state index in [-0.39, 0.29) is 5.41 Å². The number of hydrogen-bond acceptors (Lipinski definition) is 2. The van der Waals surface area contributed by atoms with E-state index in [9.17, 15) is 0 Å². The predicted octanol–water partition coefficient (Wildman–Crippen LogP) is 4.89. The molecule has 0 saturated carbocycles. The molecule has 0 aliphatic heterocycles. The maximum absolute atomic E-state index is 5.57. The number of rotatable bonds is 5. The molecule has 2 nitrogen and oxygen atoms in total. The van der Waals surface area contributed by atoms with Gasteiger partial charge in [0, 0.05) is 11.1 Å². The molecule has 2 aromatic rings. The Bertz CT molecular complexity index is 526. The molecule has 2 rings (SSSR count). The van der Waals surface area contributed by atoms with E-state index in [2.05, 4.69) is 50.2 Å². The molecule has 0 radical (unpaired) electrons. The van der Waals surface area contributed by atoms with E-state index in [4.69, 9.17) is 4.84 Å². The fourth-order valence-corrected chi connectivity index (χ4v) is 1.93. The van der Waals surface area contributed by atoms with Gasteiger partial charge in [-0.2, -0.15) is 0 Å². The first-order valence-electron chi connectivity index (χ1n) is 7.37. The largest absolute Gasteiger partial charge is 0.395 e. The number of hydrogen-bond donors (Lipinski definition) is 0. The molecular weight excluding hydrogens is 258 g/mol. The molecule has 0 aliphatic carbocycles. The highest BCUT2D eigenvalue weighted by Crippen LogP contribution is 2.18. The van der Waals surface area contributed by atoms with Crippen molar-refractivity contribution in [3.63, 3.8) is 0 Å².